The van der Waals surface area contributed by atoms with E-state index in [0.29, 0.717) is 9.79 Å². The number of nitrogens with one attached hydrogen (secondary N) is 1. The summed E-state index contributed by atoms with van der Waals surface area (Å²) in [7, 11) is 3.79. The van der Waals surface area contributed by atoms with Crippen LogP contribution < -0.4 is 5.32 Å². The molecular formula is C16H13N3O6S2. The van der Waals surface area contributed by atoms with E-state index >= 15 is 0 Å². The predicted octanol–water partition coefficient (Wildman–Crippen LogP) is 4.19. The van der Waals surface area contributed by atoms with Crippen molar-refractivity contribution in [1.29, 1.82) is 0 Å². The summed E-state index contributed by atoms with van der Waals surface area (Å²) in [4.78, 5) is 33.8. The van der Waals surface area contributed by atoms with Gasteiger partial charge in [0.1, 0.15) is 11.3 Å². The van der Waals surface area contributed by atoms with E-state index in [4.69, 9.17) is 0 Å². The molecule has 0 aliphatic rings. The predicted molar refractivity (Wildman–Crippen MR) is 103 cm³/mol. The Hall–Kier alpha value is -3.05. The molecule has 0 fully saturated rings. The Bertz CT molecular complexity index is 948. The Kier molecular flexibility index (Phi) is 6.42. The molecule has 11 heteroatoms. The molecule has 2 N–H and O–H groups in total. The normalized spacial score (nSPS) is 10.3. The molecule has 27 heavy (non-hydrogen) atoms. The van der Waals surface area contributed by atoms with Crippen LogP contribution in [0.5, 0.6) is 0 Å². The molecule has 2 aromatic carbocycles. The van der Waals surface area contributed by atoms with Crippen molar-refractivity contribution < 1.29 is 19.7 Å². The lowest BCUT2D eigenvalue weighted by molar-refractivity contribution is -0.385. The third kappa shape index (κ3) is 4.77. The first-order valence-electron chi connectivity index (χ1n) is 7.26. The maximum atomic E-state index is 11.9. The third-order valence-electron chi connectivity index (χ3n) is 3.35. The highest BCUT2D eigenvalue weighted by Crippen LogP contribution is 2.40. The number of aliphatic hydroxyl groups is 1. The molecule has 0 saturated carbocycles. The third-order valence-corrected chi connectivity index (χ3v) is 5.73. The standard InChI is InChI=1S/C16H13N3O6S2/c1-9(20)12-7-10(3-5-14(12)18(22)23)26-27-11-4-6-15(19(24)25)13(8-11)16(21)17-2/h3-8,20H,1H2,2H3,(H,17,21). The van der Waals surface area contributed by atoms with E-state index < -0.39 is 21.5 Å². The van der Waals surface area contributed by atoms with Crippen molar-refractivity contribution in [3.05, 3.63) is 74.3 Å². The van der Waals surface area contributed by atoms with Crippen LogP contribution in [0.25, 0.3) is 5.76 Å². The SMILES string of the molecule is C=C(O)c1cc(SSc2ccc([N+](=O)[O-])c(C(=O)NC)c2)ccc1[N+](=O)[O-]. The van der Waals surface area contributed by atoms with Crippen LogP contribution in [-0.2, 0) is 0 Å². The molecule has 140 valence electrons. The van der Waals surface area contributed by atoms with Crippen LogP contribution in [-0.4, -0.2) is 27.9 Å². The lowest BCUT2D eigenvalue weighted by Gasteiger charge is -2.07. The second-order valence-electron chi connectivity index (χ2n) is 5.06. The average molecular weight is 407 g/mol. The minimum absolute atomic E-state index is 0.000323. The fraction of sp³-hybridized carbons (Fsp3) is 0.0625. The highest BCUT2D eigenvalue weighted by Gasteiger charge is 2.20. The van der Waals surface area contributed by atoms with Crippen LogP contribution in [0.15, 0.2) is 52.8 Å². The lowest BCUT2D eigenvalue weighted by Crippen LogP contribution is -2.19. The van der Waals surface area contributed by atoms with Gasteiger partial charge in [0, 0.05) is 29.0 Å². The van der Waals surface area contributed by atoms with Gasteiger partial charge in [0.2, 0.25) is 0 Å². The number of benzene rings is 2. The van der Waals surface area contributed by atoms with E-state index in [-0.39, 0.29) is 22.5 Å². The molecule has 0 bridgehead atoms. The summed E-state index contributed by atoms with van der Waals surface area (Å²) in [5.41, 5.74) is -0.645. The Morgan fingerprint density at radius 2 is 1.44 bits per heavy atom. The van der Waals surface area contributed by atoms with Gasteiger partial charge in [0.25, 0.3) is 17.3 Å². The maximum absolute atomic E-state index is 11.9. The van der Waals surface area contributed by atoms with E-state index in [0.717, 1.165) is 0 Å². The van der Waals surface area contributed by atoms with E-state index in [1.807, 2.05) is 0 Å². The van der Waals surface area contributed by atoms with Gasteiger partial charge in [0.15, 0.2) is 0 Å². The van der Waals surface area contributed by atoms with Crippen molar-refractivity contribution >= 4 is 44.6 Å². The fourth-order valence-electron chi connectivity index (χ4n) is 2.10. The van der Waals surface area contributed by atoms with Crippen LogP contribution in [0.3, 0.4) is 0 Å². The summed E-state index contributed by atoms with van der Waals surface area (Å²) in [5, 5.41) is 33.9. The van der Waals surface area contributed by atoms with Gasteiger partial charge in [-0.2, -0.15) is 0 Å². The molecule has 2 aromatic rings. The number of rotatable bonds is 7. The quantitative estimate of drug-likeness (QED) is 0.302. The number of nitro groups is 2. The molecule has 0 heterocycles. The number of hydrogen-bond acceptors (Lipinski definition) is 8. The molecule has 0 unspecified atom stereocenters. The molecule has 0 aliphatic heterocycles. The molecule has 0 aliphatic carbocycles. The summed E-state index contributed by atoms with van der Waals surface area (Å²) < 4.78 is 0. The smallest absolute Gasteiger partial charge is 0.282 e. The van der Waals surface area contributed by atoms with Gasteiger partial charge in [0.05, 0.1) is 15.4 Å². The van der Waals surface area contributed by atoms with Crippen LogP contribution >= 0.6 is 21.6 Å². The molecule has 0 aromatic heterocycles. The van der Waals surface area contributed by atoms with E-state index in [9.17, 15) is 30.1 Å². The monoisotopic (exact) mass is 407 g/mol. The summed E-state index contributed by atoms with van der Waals surface area (Å²) in [5.74, 6) is -1.00. The Morgan fingerprint density at radius 1 is 1.00 bits per heavy atom. The molecule has 0 saturated heterocycles. The number of nitrogens with zero attached hydrogens (tertiary/aromatic N) is 2. The Labute approximate surface area is 161 Å². The molecule has 0 radical (unpaired) electrons. The summed E-state index contributed by atoms with van der Waals surface area (Å²) in [6.07, 6.45) is 0. The number of amides is 1. The maximum Gasteiger partial charge on any atom is 0.282 e. The van der Waals surface area contributed by atoms with Crippen LogP contribution in [0, 0.1) is 20.2 Å². The Balaban J connectivity index is 2.27. The average Bonchev–Trinajstić information content (AvgIpc) is 2.64. The molecule has 0 spiro atoms. The number of carbonyl (C=O) groups is 1. The molecule has 0 atom stereocenters. The first-order valence-corrected chi connectivity index (χ1v) is 9.41. The van der Waals surface area contributed by atoms with Crippen LogP contribution in [0.4, 0.5) is 11.4 Å². The number of hydrogen-bond donors (Lipinski definition) is 2. The second kappa shape index (κ2) is 8.56. The van der Waals surface area contributed by atoms with Crippen molar-refractivity contribution in [3.63, 3.8) is 0 Å². The highest BCUT2D eigenvalue weighted by molar-refractivity contribution is 8.76. The zero-order valence-corrected chi connectivity index (χ0v) is 15.5. The summed E-state index contributed by atoms with van der Waals surface area (Å²) >= 11 is 0. The number of nitro benzene ring substituents is 2. The topological polar surface area (TPSA) is 136 Å². The number of aliphatic hydroxyl groups excluding tert-OH is 1. The largest absolute Gasteiger partial charge is 0.508 e. The summed E-state index contributed by atoms with van der Waals surface area (Å²) in [6, 6.07) is 8.32. The zero-order valence-electron chi connectivity index (χ0n) is 13.9. The van der Waals surface area contributed by atoms with Gasteiger partial charge in [-0.1, -0.05) is 28.2 Å². The van der Waals surface area contributed by atoms with E-state index in [1.54, 1.807) is 0 Å². The van der Waals surface area contributed by atoms with Crippen molar-refractivity contribution in [2.45, 2.75) is 9.79 Å². The van der Waals surface area contributed by atoms with Crippen LogP contribution in [0.2, 0.25) is 0 Å². The first-order chi connectivity index (χ1) is 12.7. The van der Waals surface area contributed by atoms with Crippen molar-refractivity contribution in [3.8, 4) is 0 Å². The fourth-order valence-corrected chi connectivity index (χ4v) is 4.07. The van der Waals surface area contributed by atoms with Gasteiger partial charge in [-0.15, -0.1) is 0 Å². The van der Waals surface area contributed by atoms with E-state index in [2.05, 4.69) is 11.9 Å². The minimum Gasteiger partial charge on any atom is -0.508 e. The molecular weight excluding hydrogens is 394 g/mol. The first kappa shape index (κ1) is 20.3. The van der Waals surface area contributed by atoms with Crippen molar-refractivity contribution in [2.24, 2.45) is 0 Å². The minimum atomic E-state index is -0.637. The zero-order chi connectivity index (χ0) is 20.1. The van der Waals surface area contributed by atoms with E-state index in [1.165, 1.54) is 65.0 Å². The van der Waals surface area contributed by atoms with Crippen LogP contribution in [0.1, 0.15) is 15.9 Å². The van der Waals surface area contributed by atoms with Gasteiger partial charge in [-0.25, -0.2) is 0 Å². The molecule has 1 amide bonds. The van der Waals surface area contributed by atoms with Gasteiger partial charge >= 0.3 is 0 Å². The lowest BCUT2D eigenvalue weighted by atomic mass is 10.1. The summed E-state index contributed by atoms with van der Waals surface area (Å²) in [6.45, 7) is 3.32. The van der Waals surface area contributed by atoms with Crippen molar-refractivity contribution in [2.75, 3.05) is 7.05 Å². The van der Waals surface area contributed by atoms with Gasteiger partial charge in [-0.05, 0) is 24.3 Å². The highest BCUT2D eigenvalue weighted by atomic mass is 33.1. The second-order valence-corrected chi connectivity index (χ2v) is 7.34. The molecule has 9 nitrogen and oxygen atoms in total. The number of carbonyl (C=O) groups excluding carboxylic acids is 1. The Morgan fingerprint density at radius 3 is 1.85 bits per heavy atom. The molecule has 2 rings (SSSR count). The van der Waals surface area contributed by atoms with Gasteiger partial charge in [-0.3, -0.25) is 25.0 Å². The van der Waals surface area contributed by atoms with Crippen molar-refractivity contribution in [1.82, 2.24) is 5.32 Å². The van der Waals surface area contributed by atoms with Gasteiger partial charge < -0.3 is 10.4 Å².